The quantitative estimate of drug-likeness (QED) is 0.834. The normalized spacial score (nSPS) is 21.2. The summed E-state index contributed by atoms with van der Waals surface area (Å²) in [4.78, 5) is 0. The SMILES string of the molecule is Cc1noc(C)c1CCCN[C@@H]1CC2(CCC2)Oc2ccccc21. The van der Waals surface area contributed by atoms with Crippen molar-refractivity contribution in [2.24, 2.45) is 0 Å². The van der Waals surface area contributed by atoms with Gasteiger partial charge in [0, 0.05) is 23.6 Å². The Morgan fingerprint density at radius 3 is 2.79 bits per heavy atom. The van der Waals surface area contributed by atoms with E-state index in [1.807, 2.05) is 13.8 Å². The molecular formula is C20H26N2O2. The van der Waals surface area contributed by atoms with Crippen molar-refractivity contribution in [2.75, 3.05) is 6.54 Å². The van der Waals surface area contributed by atoms with E-state index in [-0.39, 0.29) is 5.60 Å². The van der Waals surface area contributed by atoms with Crippen molar-refractivity contribution in [3.05, 3.63) is 46.8 Å². The first-order chi connectivity index (χ1) is 11.7. The van der Waals surface area contributed by atoms with E-state index < -0.39 is 0 Å². The van der Waals surface area contributed by atoms with Crippen LogP contribution < -0.4 is 10.1 Å². The number of fused-ring (bicyclic) bond motifs is 1. The van der Waals surface area contributed by atoms with E-state index in [4.69, 9.17) is 9.26 Å². The largest absolute Gasteiger partial charge is 0.487 e. The maximum atomic E-state index is 6.32. The zero-order valence-electron chi connectivity index (χ0n) is 14.6. The van der Waals surface area contributed by atoms with Gasteiger partial charge in [0.25, 0.3) is 0 Å². The van der Waals surface area contributed by atoms with Crippen molar-refractivity contribution in [2.45, 2.75) is 64.0 Å². The van der Waals surface area contributed by atoms with Gasteiger partial charge in [0.15, 0.2) is 0 Å². The molecule has 1 atom stereocenters. The smallest absolute Gasteiger partial charge is 0.137 e. The minimum absolute atomic E-state index is 0.0909. The molecule has 128 valence electrons. The van der Waals surface area contributed by atoms with E-state index in [9.17, 15) is 0 Å². The molecular weight excluding hydrogens is 300 g/mol. The van der Waals surface area contributed by atoms with Crippen LogP contribution in [0, 0.1) is 13.8 Å². The highest BCUT2D eigenvalue weighted by atomic mass is 16.5. The Kier molecular flexibility index (Phi) is 4.09. The number of rotatable bonds is 5. The van der Waals surface area contributed by atoms with Gasteiger partial charge in [-0.25, -0.2) is 0 Å². The second-order valence-electron chi connectivity index (χ2n) is 7.29. The van der Waals surface area contributed by atoms with Gasteiger partial charge in [-0.05, 0) is 58.6 Å². The average molecular weight is 326 g/mol. The van der Waals surface area contributed by atoms with Crippen LogP contribution >= 0.6 is 0 Å². The lowest BCUT2D eigenvalue weighted by Gasteiger charge is -2.48. The van der Waals surface area contributed by atoms with E-state index in [1.165, 1.54) is 30.4 Å². The molecule has 1 saturated carbocycles. The minimum atomic E-state index is 0.0909. The van der Waals surface area contributed by atoms with Crippen LogP contribution in [-0.2, 0) is 6.42 Å². The Balaban J connectivity index is 1.39. The highest BCUT2D eigenvalue weighted by Crippen LogP contribution is 2.48. The van der Waals surface area contributed by atoms with Crippen LogP contribution in [0.3, 0.4) is 0 Å². The first kappa shape index (κ1) is 15.7. The molecule has 1 N–H and O–H groups in total. The lowest BCUT2D eigenvalue weighted by Crippen LogP contribution is -2.49. The fraction of sp³-hybridized carbons (Fsp3) is 0.550. The van der Waals surface area contributed by atoms with Gasteiger partial charge in [-0.15, -0.1) is 0 Å². The summed E-state index contributed by atoms with van der Waals surface area (Å²) in [5, 5.41) is 7.81. The number of aryl methyl sites for hydroxylation is 2. The Hall–Kier alpha value is -1.81. The number of hydrogen-bond donors (Lipinski definition) is 1. The molecule has 1 spiro atoms. The molecule has 1 aliphatic heterocycles. The molecule has 1 aromatic carbocycles. The zero-order chi connectivity index (χ0) is 16.6. The maximum Gasteiger partial charge on any atom is 0.137 e. The molecule has 1 aromatic heterocycles. The van der Waals surface area contributed by atoms with Gasteiger partial charge in [0.2, 0.25) is 0 Å². The highest BCUT2D eigenvalue weighted by Gasteiger charge is 2.45. The molecule has 4 nitrogen and oxygen atoms in total. The first-order valence-corrected chi connectivity index (χ1v) is 9.10. The fourth-order valence-corrected chi connectivity index (χ4v) is 4.08. The van der Waals surface area contributed by atoms with Crippen LogP contribution in [0.25, 0.3) is 0 Å². The first-order valence-electron chi connectivity index (χ1n) is 9.10. The monoisotopic (exact) mass is 326 g/mol. The molecule has 0 unspecified atom stereocenters. The van der Waals surface area contributed by atoms with Crippen LogP contribution in [0.4, 0.5) is 0 Å². The molecule has 4 heteroatoms. The zero-order valence-corrected chi connectivity index (χ0v) is 14.6. The van der Waals surface area contributed by atoms with Gasteiger partial charge < -0.3 is 14.6 Å². The third kappa shape index (κ3) is 2.84. The molecule has 2 aliphatic rings. The van der Waals surface area contributed by atoms with Crippen molar-refractivity contribution >= 4 is 0 Å². The van der Waals surface area contributed by atoms with E-state index in [0.717, 1.165) is 43.0 Å². The Morgan fingerprint density at radius 2 is 2.08 bits per heavy atom. The minimum Gasteiger partial charge on any atom is -0.487 e. The molecule has 2 heterocycles. The predicted octanol–water partition coefficient (Wildman–Crippen LogP) is 4.26. The van der Waals surface area contributed by atoms with Crippen LogP contribution in [0.5, 0.6) is 5.75 Å². The standard InChI is InChI=1S/C20H26N2O2/c1-14-16(15(2)24-22-14)8-5-12-21-18-13-20(10-6-11-20)23-19-9-4-3-7-17(18)19/h3-4,7,9,18,21H,5-6,8,10-13H2,1-2H3/t18-/m1/s1. The second kappa shape index (κ2) is 6.25. The highest BCUT2D eigenvalue weighted by molar-refractivity contribution is 5.39. The van der Waals surface area contributed by atoms with Gasteiger partial charge in [-0.2, -0.15) is 0 Å². The summed E-state index contributed by atoms with van der Waals surface area (Å²) in [6, 6.07) is 8.91. The van der Waals surface area contributed by atoms with E-state index in [1.54, 1.807) is 0 Å². The van der Waals surface area contributed by atoms with Gasteiger partial charge in [-0.3, -0.25) is 0 Å². The third-order valence-corrected chi connectivity index (χ3v) is 5.64. The molecule has 4 rings (SSSR count). The Bertz CT molecular complexity index is 699. The van der Waals surface area contributed by atoms with Gasteiger partial charge in [0.1, 0.15) is 17.1 Å². The topological polar surface area (TPSA) is 47.3 Å². The van der Waals surface area contributed by atoms with Crippen molar-refractivity contribution in [3.8, 4) is 5.75 Å². The summed E-state index contributed by atoms with van der Waals surface area (Å²) in [7, 11) is 0. The number of benzene rings is 1. The Labute approximate surface area is 143 Å². The predicted molar refractivity (Wildman–Crippen MR) is 93.3 cm³/mol. The van der Waals surface area contributed by atoms with Gasteiger partial charge in [-0.1, -0.05) is 23.4 Å². The summed E-state index contributed by atoms with van der Waals surface area (Å²) in [5.74, 6) is 2.03. The lowest BCUT2D eigenvalue weighted by molar-refractivity contribution is -0.0368. The maximum absolute atomic E-state index is 6.32. The van der Waals surface area contributed by atoms with Crippen molar-refractivity contribution < 1.29 is 9.26 Å². The summed E-state index contributed by atoms with van der Waals surface area (Å²) < 4.78 is 11.6. The van der Waals surface area contributed by atoms with E-state index in [0.29, 0.717) is 6.04 Å². The fourth-order valence-electron chi connectivity index (χ4n) is 4.08. The number of ether oxygens (including phenoxy) is 1. The molecule has 0 amide bonds. The number of hydrogen-bond acceptors (Lipinski definition) is 4. The van der Waals surface area contributed by atoms with E-state index in [2.05, 4.69) is 34.7 Å². The van der Waals surface area contributed by atoms with Gasteiger partial charge >= 0.3 is 0 Å². The summed E-state index contributed by atoms with van der Waals surface area (Å²) in [6.45, 7) is 5.02. The van der Waals surface area contributed by atoms with Crippen molar-refractivity contribution in [3.63, 3.8) is 0 Å². The molecule has 0 bridgehead atoms. The number of nitrogens with zero attached hydrogens (tertiary/aromatic N) is 1. The number of para-hydroxylation sites is 1. The van der Waals surface area contributed by atoms with Crippen molar-refractivity contribution in [1.82, 2.24) is 10.5 Å². The number of aromatic nitrogens is 1. The molecule has 24 heavy (non-hydrogen) atoms. The average Bonchev–Trinajstić information content (AvgIpc) is 2.88. The van der Waals surface area contributed by atoms with Crippen LogP contribution in [0.2, 0.25) is 0 Å². The van der Waals surface area contributed by atoms with Crippen LogP contribution in [0.1, 0.15) is 60.7 Å². The second-order valence-corrected chi connectivity index (χ2v) is 7.29. The molecule has 2 aromatic rings. The summed E-state index contributed by atoms with van der Waals surface area (Å²) in [6.07, 6.45) is 6.88. The lowest BCUT2D eigenvalue weighted by atomic mass is 9.73. The molecule has 1 aliphatic carbocycles. The third-order valence-electron chi connectivity index (χ3n) is 5.64. The van der Waals surface area contributed by atoms with Crippen LogP contribution in [0.15, 0.2) is 28.8 Å². The molecule has 0 saturated heterocycles. The Morgan fingerprint density at radius 1 is 1.25 bits per heavy atom. The van der Waals surface area contributed by atoms with E-state index >= 15 is 0 Å². The van der Waals surface area contributed by atoms with Crippen molar-refractivity contribution in [1.29, 1.82) is 0 Å². The number of nitrogens with one attached hydrogen (secondary N) is 1. The van der Waals surface area contributed by atoms with Gasteiger partial charge in [0.05, 0.1) is 5.69 Å². The summed E-state index contributed by atoms with van der Waals surface area (Å²) >= 11 is 0. The summed E-state index contributed by atoms with van der Waals surface area (Å²) in [5.41, 5.74) is 3.69. The molecule has 1 fully saturated rings. The van der Waals surface area contributed by atoms with Crippen LogP contribution in [-0.4, -0.2) is 17.3 Å². The molecule has 0 radical (unpaired) electrons.